The highest BCUT2D eigenvalue weighted by atomic mass is 32.2. The van der Waals surface area contributed by atoms with Crippen LogP contribution in [0.2, 0.25) is 0 Å². The van der Waals surface area contributed by atoms with Crippen LogP contribution in [-0.2, 0) is 4.79 Å². The van der Waals surface area contributed by atoms with E-state index in [9.17, 15) is 9.59 Å². The van der Waals surface area contributed by atoms with Gasteiger partial charge in [-0.1, -0.05) is 24.6 Å². The van der Waals surface area contributed by atoms with Crippen LogP contribution in [-0.4, -0.2) is 52.1 Å². The molecule has 1 saturated carbocycles. The van der Waals surface area contributed by atoms with Crippen molar-refractivity contribution in [2.24, 2.45) is 0 Å². The number of rotatable bonds is 4. The number of nitrogens with one attached hydrogen (secondary N) is 1. The second kappa shape index (κ2) is 5.73. The van der Waals surface area contributed by atoms with Gasteiger partial charge in [0.05, 0.1) is 6.61 Å². The summed E-state index contributed by atoms with van der Waals surface area (Å²) in [5, 5.41) is 11.6. The van der Waals surface area contributed by atoms with Crippen LogP contribution in [0, 0.1) is 0 Å². The van der Waals surface area contributed by atoms with Gasteiger partial charge in [-0.2, -0.15) is 0 Å². The van der Waals surface area contributed by atoms with Crippen LogP contribution >= 0.6 is 11.8 Å². The first-order valence-electron chi connectivity index (χ1n) is 6.07. The summed E-state index contributed by atoms with van der Waals surface area (Å²) in [7, 11) is 0. The number of nitrogens with zero attached hydrogens (tertiary/aromatic N) is 1. The summed E-state index contributed by atoms with van der Waals surface area (Å²) in [6.45, 7) is 0.358. The number of amides is 2. The first kappa shape index (κ1) is 12.7. The molecule has 2 N–H and O–H groups in total. The lowest BCUT2D eigenvalue weighted by Gasteiger charge is -2.30. The average Bonchev–Trinajstić information content (AvgIpc) is 2.95. The largest absolute Gasteiger partial charge is 0.395 e. The fraction of sp³-hybridized carbons (Fsp3) is 0.818. The third kappa shape index (κ3) is 2.93. The summed E-state index contributed by atoms with van der Waals surface area (Å²) in [6.07, 6.45) is 4.32. The number of aliphatic hydroxyl groups is 1. The number of carbonyl (C=O) groups excluding carboxylic acids is 2. The zero-order valence-corrected chi connectivity index (χ0v) is 10.5. The summed E-state index contributed by atoms with van der Waals surface area (Å²) in [5.41, 5.74) is 0. The molecular weight excluding hydrogens is 240 g/mol. The van der Waals surface area contributed by atoms with Gasteiger partial charge < -0.3 is 15.3 Å². The smallest absolute Gasteiger partial charge is 0.279 e. The average molecular weight is 258 g/mol. The topological polar surface area (TPSA) is 69.6 Å². The minimum absolute atomic E-state index is 0.0178. The molecule has 1 aliphatic carbocycles. The monoisotopic (exact) mass is 258 g/mol. The quantitative estimate of drug-likeness (QED) is 0.773. The van der Waals surface area contributed by atoms with Crippen molar-refractivity contribution in [2.45, 2.75) is 37.8 Å². The van der Waals surface area contributed by atoms with Gasteiger partial charge in [0.2, 0.25) is 5.91 Å². The molecule has 0 aromatic rings. The number of hydrogen-bond acceptors (Lipinski definition) is 4. The molecule has 1 saturated heterocycles. The maximum atomic E-state index is 12.3. The molecule has 5 nitrogen and oxygen atoms in total. The minimum atomic E-state index is -0.403. The Bertz CT molecular complexity index is 305. The van der Waals surface area contributed by atoms with Crippen LogP contribution < -0.4 is 5.32 Å². The van der Waals surface area contributed by atoms with Crippen LogP contribution in [0.5, 0.6) is 0 Å². The predicted molar refractivity (Wildman–Crippen MR) is 65.8 cm³/mol. The van der Waals surface area contributed by atoms with Gasteiger partial charge in [-0.25, -0.2) is 0 Å². The summed E-state index contributed by atoms with van der Waals surface area (Å²) >= 11 is 1.15. The molecule has 1 atom stereocenters. The maximum Gasteiger partial charge on any atom is 0.279 e. The molecule has 6 heteroatoms. The van der Waals surface area contributed by atoms with E-state index < -0.39 is 6.04 Å². The van der Waals surface area contributed by atoms with Crippen molar-refractivity contribution in [1.29, 1.82) is 0 Å². The van der Waals surface area contributed by atoms with Crippen LogP contribution in [0.1, 0.15) is 25.7 Å². The second-order valence-electron chi connectivity index (χ2n) is 4.49. The van der Waals surface area contributed by atoms with E-state index in [0.29, 0.717) is 12.3 Å². The number of thioether (sulfide) groups is 1. The molecule has 2 fully saturated rings. The van der Waals surface area contributed by atoms with Crippen molar-refractivity contribution in [3.8, 4) is 0 Å². The predicted octanol–water partition coefficient (Wildman–Crippen LogP) is 0.575. The van der Waals surface area contributed by atoms with E-state index in [1.807, 2.05) is 0 Å². The molecule has 17 heavy (non-hydrogen) atoms. The normalized spacial score (nSPS) is 25.0. The molecule has 0 radical (unpaired) electrons. The Morgan fingerprint density at radius 1 is 1.47 bits per heavy atom. The zero-order valence-electron chi connectivity index (χ0n) is 9.72. The van der Waals surface area contributed by atoms with Gasteiger partial charge in [0.15, 0.2) is 0 Å². The first-order valence-corrected chi connectivity index (χ1v) is 7.05. The molecule has 2 rings (SSSR count). The number of hydrogen-bond donors (Lipinski definition) is 2. The van der Waals surface area contributed by atoms with E-state index in [4.69, 9.17) is 5.11 Å². The Labute approximate surface area is 105 Å². The molecular formula is C11H18N2O3S. The van der Waals surface area contributed by atoms with E-state index >= 15 is 0 Å². The van der Waals surface area contributed by atoms with Crippen LogP contribution in [0.3, 0.4) is 0 Å². The van der Waals surface area contributed by atoms with E-state index in [1.54, 1.807) is 4.90 Å². The molecule has 2 amide bonds. The van der Waals surface area contributed by atoms with Crippen LogP contribution in [0.25, 0.3) is 0 Å². The number of aliphatic hydroxyl groups excluding tert-OH is 1. The van der Waals surface area contributed by atoms with Gasteiger partial charge in [-0.05, 0) is 12.8 Å². The van der Waals surface area contributed by atoms with Gasteiger partial charge in [0.25, 0.3) is 5.24 Å². The van der Waals surface area contributed by atoms with Crippen molar-refractivity contribution in [1.82, 2.24) is 10.2 Å². The third-order valence-electron chi connectivity index (χ3n) is 3.36. The fourth-order valence-electron chi connectivity index (χ4n) is 2.51. The Morgan fingerprint density at radius 2 is 2.18 bits per heavy atom. The standard InChI is InChI=1S/C11H18N2O3S/c14-6-5-13(8-3-1-2-4-8)10(15)9-7-17-11(16)12-9/h8-9,14H,1-7H2,(H,12,16). The Balaban J connectivity index is 1.99. The van der Waals surface area contributed by atoms with Crippen LogP contribution in [0.4, 0.5) is 4.79 Å². The second-order valence-corrected chi connectivity index (χ2v) is 5.48. The van der Waals surface area contributed by atoms with Crippen molar-refractivity contribution in [3.05, 3.63) is 0 Å². The van der Waals surface area contributed by atoms with E-state index in [2.05, 4.69) is 5.32 Å². The molecule has 1 heterocycles. The lowest BCUT2D eigenvalue weighted by molar-refractivity contribution is -0.135. The van der Waals surface area contributed by atoms with E-state index in [-0.39, 0.29) is 23.8 Å². The van der Waals surface area contributed by atoms with Gasteiger partial charge in [0.1, 0.15) is 6.04 Å². The van der Waals surface area contributed by atoms with Gasteiger partial charge in [-0.3, -0.25) is 9.59 Å². The van der Waals surface area contributed by atoms with E-state index in [1.165, 1.54) is 0 Å². The zero-order chi connectivity index (χ0) is 12.3. The maximum absolute atomic E-state index is 12.3. The van der Waals surface area contributed by atoms with Crippen molar-refractivity contribution in [3.63, 3.8) is 0 Å². The summed E-state index contributed by atoms with van der Waals surface area (Å²) in [4.78, 5) is 25.1. The molecule has 1 aliphatic heterocycles. The van der Waals surface area contributed by atoms with Crippen molar-refractivity contribution < 1.29 is 14.7 Å². The lowest BCUT2D eigenvalue weighted by Crippen LogP contribution is -2.50. The van der Waals surface area contributed by atoms with Crippen molar-refractivity contribution in [2.75, 3.05) is 18.9 Å². The summed E-state index contributed by atoms with van der Waals surface area (Å²) in [5.74, 6) is 0.469. The molecule has 1 unspecified atom stereocenters. The fourth-order valence-corrected chi connectivity index (χ4v) is 3.28. The summed E-state index contributed by atoms with van der Waals surface area (Å²) < 4.78 is 0. The highest BCUT2D eigenvalue weighted by Crippen LogP contribution is 2.25. The number of carbonyl (C=O) groups is 2. The SMILES string of the molecule is O=C1NC(C(=O)N(CCO)C2CCCC2)CS1. The molecule has 0 aromatic carbocycles. The lowest BCUT2D eigenvalue weighted by atomic mass is 10.1. The Morgan fingerprint density at radius 3 is 2.71 bits per heavy atom. The van der Waals surface area contributed by atoms with Crippen LogP contribution in [0.15, 0.2) is 0 Å². The van der Waals surface area contributed by atoms with Gasteiger partial charge in [0, 0.05) is 18.3 Å². The molecule has 0 aromatic heterocycles. The third-order valence-corrected chi connectivity index (χ3v) is 4.24. The molecule has 2 aliphatic rings. The molecule has 96 valence electrons. The summed E-state index contributed by atoms with van der Waals surface area (Å²) in [6, 6.07) is -0.156. The highest BCUT2D eigenvalue weighted by molar-refractivity contribution is 8.14. The minimum Gasteiger partial charge on any atom is -0.395 e. The highest BCUT2D eigenvalue weighted by Gasteiger charge is 2.35. The van der Waals surface area contributed by atoms with E-state index in [0.717, 1.165) is 37.4 Å². The van der Waals surface area contributed by atoms with Gasteiger partial charge >= 0.3 is 0 Å². The molecule has 0 bridgehead atoms. The van der Waals surface area contributed by atoms with Gasteiger partial charge in [-0.15, -0.1) is 0 Å². The Hall–Kier alpha value is -0.750. The molecule has 0 spiro atoms. The Kier molecular flexibility index (Phi) is 4.28. The first-order chi connectivity index (χ1) is 8.22. The van der Waals surface area contributed by atoms with Crippen molar-refractivity contribution >= 4 is 22.9 Å².